The number of hydrogen-bond acceptors (Lipinski definition) is 3. The molecule has 0 radical (unpaired) electrons. The van der Waals surface area contributed by atoms with Gasteiger partial charge in [-0.15, -0.1) is 0 Å². The number of hydrogen-bond donors (Lipinski definition) is 1. The number of fused-ring (bicyclic) bond motifs is 4. The van der Waals surface area contributed by atoms with Gasteiger partial charge in [0.2, 0.25) is 0 Å². The first-order valence-electron chi connectivity index (χ1n) is 10.0. The third-order valence-corrected chi connectivity index (χ3v) is 7.63. The van der Waals surface area contributed by atoms with Gasteiger partial charge in [0.05, 0.1) is 5.92 Å². The van der Waals surface area contributed by atoms with Gasteiger partial charge in [-0.25, -0.2) is 0 Å². The smallest absolute Gasteiger partial charge is 0.157 e. The molecule has 26 heavy (non-hydrogen) atoms. The van der Waals surface area contributed by atoms with Crippen LogP contribution in [0.3, 0.4) is 0 Å². The third-order valence-electron chi connectivity index (χ3n) is 7.63. The summed E-state index contributed by atoms with van der Waals surface area (Å²) >= 11 is 0. The van der Waals surface area contributed by atoms with Crippen LogP contribution in [0.4, 0.5) is 0 Å². The van der Waals surface area contributed by atoms with Gasteiger partial charge in [-0.1, -0.05) is 24.3 Å². The van der Waals surface area contributed by atoms with Crippen molar-refractivity contribution in [1.82, 2.24) is 0 Å². The Morgan fingerprint density at radius 2 is 2.12 bits per heavy atom. The largest absolute Gasteiger partial charge is 0.384 e. The van der Waals surface area contributed by atoms with Crippen molar-refractivity contribution < 1.29 is 14.7 Å². The monoisotopic (exact) mass is 352 g/mol. The summed E-state index contributed by atoms with van der Waals surface area (Å²) in [5.74, 6) is 7.75. The lowest BCUT2D eigenvalue weighted by Gasteiger charge is -2.49. The van der Waals surface area contributed by atoms with Gasteiger partial charge in [0.1, 0.15) is 12.4 Å². The zero-order chi connectivity index (χ0) is 18.5. The Kier molecular flexibility index (Phi) is 4.43. The van der Waals surface area contributed by atoms with Crippen LogP contribution in [0.1, 0.15) is 58.8 Å². The van der Waals surface area contributed by atoms with E-state index in [4.69, 9.17) is 5.11 Å². The first-order chi connectivity index (χ1) is 12.5. The Morgan fingerprint density at radius 3 is 2.85 bits per heavy atom. The summed E-state index contributed by atoms with van der Waals surface area (Å²) in [4.78, 5) is 24.3. The average molecular weight is 352 g/mol. The normalized spacial score (nSPS) is 38.6. The molecule has 4 rings (SSSR count). The standard InChI is InChI=1S/C23H28O3/c1-14(25)20-7-8-21-18-6-5-16-13-17(26)12-15(4-3-11-24)22(16)19(18)9-10-23(20,21)2/h13,15,18,20-21,24H,5-12H2,1-2H3/t15?,18-,20-,21+,23-/m1/s1. The van der Waals surface area contributed by atoms with Crippen LogP contribution in [0.5, 0.6) is 0 Å². The highest BCUT2D eigenvalue weighted by atomic mass is 16.2. The van der Waals surface area contributed by atoms with Gasteiger partial charge in [-0.3, -0.25) is 9.59 Å². The van der Waals surface area contributed by atoms with Crippen molar-refractivity contribution in [3.8, 4) is 11.8 Å². The molecule has 0 amide bonds. The lowest BCUT2D eigenvalue weighted by Crippen LogP contribution is -2.42. The predicted octanol–water partition coefficient (Wildman–Crippen LogP) is 3.62. The van der Waals surface area contributed by atoms with Crippen molar-refractivity contribution in [2.24, 2.45) is 29.1 Å². The summed E-state index contributed by atoms with van der Waals surface area (Å²) in [5.41, 5.74) is 4.15. The maximum atomic E-state index is 12.2. The van der Waals surface area contributed by atoms with Gasteiger partial charge in [-0.05, 0) is 79.9 Å². The van der Waals surface area contributed by atoms with E-state index in [1.54, 1.807) is 6.92 Å². The van der Waals surface area contributed by atoms with E-state index in [0.29, 0.717) is 24.0 Å². The van der Waals surface area contributed by atoms with Gasteiger partial charge in [0.25, 0.3) is 0 Å². The van der Waals surface area contributed by atoms with Crippen LogP contribution in [0.15, 0.2) is 22.8 Å². The van der Waals surface area contributed by atoms with E-state index in [1.807, 2.05) is 6.08 Å². The molecule has 4 aliphatic rings. The van der Waals surface area contributed by atoms with E-state index in [-0.39, 0.29) is 29.6 Å². The first-order valence-corrected chi connectivity index (χ1v) is 10.0. The second-order valence-corrected chi connectivity index (χ2v) is 8.81. The molecule has 5 atom stereocenters. The fourth-order valence-electron chi connectivity index (χ4n) is 6.59. The summed E-state index contributed by atoms with van der Waals surface area (Å²) in [7, 11) is 0. The molecule has 0 bridgehead atoms. The summed E-state index contributed by atoms with van der Waals surface area (Å²) in [6.07, 6.45) is 8.61. The fourth-order valence-corrected chi connectivity index (χ4v) is 6.59. The number of ketones is 2. The molecule has 0 aromatic rings. The van der Waals surface area contributed by atoms with Crippen LogP contribution >= 0.6 is 0 Å². The van der Waals surface area contributed by atoms with Gasteiger partial charge in [0, 0.05) is 12.3 Å². The molecule has 3 nitrogen and oxygen atoms in total. The van der Waals surface area contributed by atoms with Gasteiger partial charge < -0.3 is 5.11 Å². The van der Waals surface area contributed by atoms with Crippen LogP contribution in [-0.4, -0.2) is 23.3 Å². The summed E-state index contributed by atoms with van der Waals surface area (Å²) in [6, 6.07) is 0. The van der Waals surface area contributed by atoms with Crippen LogP contribution in [-0.2, 0) is 9.59 Å². The highest BCUT2D eigenvalue weighted by molar-refractivity contribution is 5.94. The minimum atomic E-state index is -0.156. The number of rotatable bonds is 1. The van der Waals surface area contributed by atoms with Crippen molar-refractivity contribution in [1.29, 1.82) is 0 Å². The molecular formula is C23H28O3. The van der Waals surface area contributed by atoms with E-state index in [2.05, 4.69) is 18.8 Å². The lowest BCUT2D eigenvalue weighted by atomic mass is 9.55. The molecule has 3 heteroatoms. The SMILES string of the molecule is CC(=O)[C@H]1CC[C@H]2[C@@H]3CCC4=CC(=O)CC(C#CCO)C4=C3CC[C@]12C. The van der Waals surface area contributed by atoms with Crippen LogP contribution in [0, 0.1) is 40.9 Å². The molecular weight excluding hydrogens is 324 g/mol. The molecule has 0 aromatic carbocycles. The Bertz CT molecular complexity index is 775. The van der Waals surface area contributed by atoms with Crippen LogP contribution in [0.2, 0.25) is 0 Å². The zero-order valence-electron chi connectivity index (χ0n) is 15.8. The second-order valence-electron chi connectivity index (χ2n) is 8.81. The van der Waals surface area contributed by atoms with Gasteiger partial charge in [0.15, 0.2) is 5.78 Å². The van der Waals surface area contributed by atoms with Crippen molar-refractivity contribution in [2.45, 2.75) is 58.8 Å². The Hall–Kier alpha value is -1.66. The molecule has 1 N–H and O–H groups in total. The molecule has 0 heterocycles. The number of carbonyl (C=O) groups excluding carboxylic acids is 2. The highest BCUT2D eigenvalue weighted by Gasteiger charge is 2.55. The molecule has 4 aliphatic carbocycles. The maximum absolute atomic E-state index is 12.2. The van der Waals surface area contributed by atoms with Crippen molar-refractivity contribution in [3.05, 3.63) is 22.8 Å². The number of allylic oxidation sites excluding steroid dienone is 4. The number of Topliss-reactive ketones (excluding diaryl/α,β-unsaturated/α-hetero) is 1. The molecule has 138 valence electrons. The molecule has 2 fully saturated rings. The lowest BCUT2D eigenvalue weighted by molar-refractivity contribution is -0.125. The fraction of sp³-hybridized carbons (Fsp3) is 0.652. The minimum absolute atomic E-state index is 0.0539. The predicted molar refractivity (Wildman–Crippen MR) is 100 cm³/mol. The van der Waals surface area contributed by atoms with E-state index in [0.717, 1.165) is 38.5 Å². The molecule has 0 aliphatic heterocycles. The van der Waals surface area contributed by atoms with Crippen molar-refractivity contribution in [2.75, 3.05) is 6.61 Å². The van der Waals surface area contributed by atoms with E-state index in [1.165, 1.54) is 16.7 Å². The molecule has 0 aromatic heterocycles. The number of carbonyl (C=O) groups is 2. The Labute approximate surface area is 155 Å². The van der Waals surface area contributed by atoms with Gasteiger partial charge in [-0.2, -0.15) is 0 Å². The topological polar surface area (TPSA) is 54.4 Å². The molecule has 0 saturated heterocycles. The summed E-state index contributed by atoms with van der Waals surface area (Å²) in [5, 5.41) is 9.11. The molecule has 2 saturated carbocycles. The number of aliphatic hydroxyl groups is 1. The van der Waals surface area contributed by atoms with Crippen molar-refractivity contribution >= 4 is 11.6 Å². The van der Waals surface area contributed by atoms with E-state index < -0.39 is 0 Å². The van der Waals surface area contributed by atoms with Crippen LogP contribution < -0.4 is 0 Å². The molecule has 1 unspecified atom stereocenters. The third kappa shape index (κ3) is 2.62. The van der Waals surface area contributed by atoms with Crippen LogP contribution in [0.25, 0.3) is 0 Å². The maximum Gasteiger partial charge on any atom is 0.157 e. The summed E-state index contributed by atoms with van der Waals surface area (Å²) in [6.45, 7) is 3.95. The Morgan fingerprint density at radius 1 is 1.31 bits per heavy atom. The quantitative estimate of drug-likeness (QED) is 0.733. The van der Waals surface area contributed by atoms with Gasteiger partial charge >= 0.3 is 0 Å². The minimum Gasteiger partial charge on any atom is -0.384 e. The second kappa shape index (κ2) is 6.50. The van der Waals surface area contributed by atoms with E-state index >= 15 is 0 Å². The highest BCUT2D eigenvalue weighted by Crippen LogP contribution is 2.62. The average Bonchev–Trinajstić information content (AvgIpc) is 2.96. The zero-order valence-corrected chi connectivity index (χ0v) is 15.8. The molecule has 0 spiro atoms. The Balaban J connectivity index is 1.76. The first kappa shape index (κ1) is 17.7. The summed E-state index contributed by atoms with van der Waals surface area (Å²) < 4.78 is 0. The van der Waals surface area contributed by atoms with Crippen molar-refractivity contribution in [3.63, 3.8) is 0 Å². The number of aliphatic hydroxyl groups excluding tert-OH is 1. The van der Waals surface area contributed by atoms with E-state index in [9.17, 15) is 9.59 Å².